The monoisotopic (exact) mass is 448 g/mol. The number of aliphatic carboxylic acids is 1. The lowest BCUT2D eigenvalue weighted by Gasteiger charge is -2.29. The van der Waals surface area contributed by atoms with Gasteiger partial charge in [0.1, 0.15) is 12.4 Å². The summed E-state index contributed by atoms with van der Waals surface area (Å²) in [6.45, 7) is 0.701. The number of anilines is 2. The number of carbonyl (C=O) groups is 2. The lowest BCUT2D eigenvalue weighted by atomic mass is 9.82. The molecule has 0 radical (unpaired) electrons. The summed E-state index contributed by atoms with van der Waals surface area (Å²) in [4.78, 5) is 25.0. The average Bonchev–Trinajstić information content (AvgIpc) is 2.76. The molecule has 2 N–H and O–H groups in total. The van der Waals surface area contributed by atoms with Gasteiger partial charge in [0.05, 0.1) is 23.0 Å². The van der Waals surface area contributed by atoms with Crippen molar-refractivity contribution < 1.29 is 23.8 Å². The van der Waals surface area contributed by atoms with E-state index in [9.17, 15) is 14.0 Å². The highest BCUT2D eigenvalue weighted by Crippen LogP contribution is 2.30. The Labute approximate surface area is 186 Å². The van der Waals surface area contributed by atoms with Crippen molar-refractivity contribution >= 4 is 35.0 Å². The molecule has 0 saturated heterocycles. The van der Waals surface area contributed by atoms with Gasteiger partial charge < -0.3 is 15.2 Å². The molecule has 6 nitrogen and oxygen atoms in total. The van der Waals surface area contributed by atoms with E-state index in [0.717, 1.165) is 25.7 Å². The first-order valence-corrected chi connectivity index (χ1v) is 10.7. The van der Waals surface area contributed by atoms with Crippen molar-refractivity contribution in [1.82, 2.24) is 5.32 Å². The molecule has 2 aromatic rings. The van der Waals surface area contributed by atoms with Crippen molar-refractivity contribution in [2.24, 2.45) is 11.8 Å². The van der Waals surface area contributed by atoms with Gasteiger partial charge in [0, 0.05) is 6.54 Å². The minimum absolute atomic E-state index is 0.00117. The Hall–Kier alpha value is -2.64. The van der Waals surface area contributed by atoms with E-state index in [1.165, 1.54) is 17.0 Å². The highest BCUT2D eigenvalue weighted by Gasteiger charge is 2.24. The van der Waals surface area contributed by atoms with Crippen LogP contribution in [0.25, 0.3) is 0 Å². The van der Waals surface area contributed by atoms with Gasteiger partial charge in [-0.05, 0) is 67.9 Å². The third kappa shape index (κ3) is 6.67. The maximum absolute atomic E-state index is 14.0. The molecule has 0 unspecified atom stereocenters. The highest BCUT2D eigenvalue weighted by molar-refractivity contribution is 6.30. The van der Waals surface area contributed by atoms with E-state index in [0.29, 0.717) is 36.4 Å². The van der Waals surface area contributed by atoms with Crippen LogP contribution in [0.2, 0.25) is 5.02 Å². The maximum Gasteiger partial charge on any atom is 0.329 e. The number of ether oxygens (including phenoxy) is 1. The van der Waals surface area contributed by atoms with Crippen molar-refractivity contribution in [3.63, 3.8) is 0 Å². The maximum atomic E-state index is 14.0. The Morgan fingerprint density at radius 3 is 2.39 bits per heavy atom. The molecule has 1 saturated carbocycles. The summed E-state index contributed by atoms with van der Waals surface area (Å²) in [5.41, 5.74) is 1.02. The molecule has 0 atom stereocenters. The quantitative estimate of drug-likeness (QED) is 0.579. The summed E-state index contributed by atoms with van der Waals surface area (Å²) >= 11 is 5.80. The molecule has 0 aliphatic heterocycles. The SMILES string of the molecule is O=C(O)COC[C@H]1CC[C@H](CNC(=O)N(c2ccccc2)c2ccc(Cl)c(F)c2)CC1. The molecule has 1 fully saturated rings. The minimum Gasteiger partial charge on any atom is -0.480 e. The van der Waals surface area contributed by atoms with E-state index in [-0.39, 0.29) is 17.7 Å². The van der Waals surface area contributed by atoms with Crippen molar-refractivity contribution in [1.29, 1.82) is 0 Å². The summed E-state index contributed by atoms with van der Waals surface area (Å²) in [5, 5.41) is 11.6. The van der Waals surface area contributed by atoms with E-state index in [1.807, 2.05) is 18.2 Å². The van der Waals surface area contributed by atoms with Crippen LogP contribution in [0, 0.1) is 17.7 Å². The second-order valence-electron chi connectivity index (χ2n) is 7.75. The number of para-hydroxylation sites is 1. The summed E-state index contributed by atoms with van der Waals surface area (Å²) in [7, 11) is 0. The van der Waals surface area contributed by atoms with E-state index >= 15 is 0 Å². The number of hydrogen-bond acceptors (Lipinski definition) is 3. The Morgan fingerprint density at radius 1 is 1.06 bits per heavy atom. The number of carboxylic acid groups (broad SMARTS) is 1. The first-order chi connectivity index (χ1) is 14.9. The Morgan fingerprint density at radius 2 is 1.74 bits per heavy atom. The van der Waals surface area contributed by atoms with Crippen molar-refractivity contribution in [3.05, 3.63) is 59.4 Å². The molecule has 0 spiro atoms. The zero-order valence-corrected chi connectivity index (χ0v) is 17.9. The summed E-state index contributed by atoms with van der Waals surface area (Å²) in [6.07, 6.45) is 3.74. The molecule has 2 aromatic carbocycles. The zero-order chi connectivity index (χ0) is 22.2. The molecule has 0 heterocycles. The fourth-order valence-electron chi connectivity index (χ4n) is 3.81. The number of halogens is 2. The van der Waals surface area contributed by atoms with Crippen LogP contribution in [0.15, 0.2) is 48.5 Å². The average molecular weight is 449 g/mol. The van der Waals surface area contributed by atoms with Gasteiger partial charge in [-0.1, -0.05) is 29.8 Å². The number of carbonyl (C=O) groups excluding carboxylic acids is 1. The number of carboxylic acids is 1. The fraction of sp³-hybridized carbons (Fsp3) is 0.391. The van der Waals surface area contributed by atoms with Crippen molar-refractivity contribution in [2.45, 2.75) is 25.7 Å². The summed E-state index contributed by atoms with van der Waals surface area (Å²) in [6, 6.07) is 13.0. The van der Waals surface area contributed by atoms with E-state index in [4.69, 9.17) is 21.4 Å². The molecule has 31 heavy (non-hydrogen) atoms. The normalized spacial score (nSPS) is 18.4. The first-order valence-electron chi connectivity index (χ1n) is 10.3. The van der Waals surface area contributed by atoms with Gasteiger partial charge in [0.25, 0.3) is 0 Å². The highest BCUT2D eigenvalue weighted by atomic mass is 35.5. The van der Waals surface area contributed by atoms with Gasteiger partial charge in [-0.15, -0.1) is 0 Å². The number of urea groups is 1. The molecule has 1 aliphatic carbocycles. The molecule has 2 amide bonds. The minimum atomic E-state index is -0.958. The van der Waals surface area contributed by atoms with Gasteiger partial charge in [0.15, 0.2) is 0 Å². The molecule has 1 aliphatic rings. The standard InChI is InChI=1S/C23H26ClFN2O4/c24-20-11-10-19(12-21(20)25)27(18-4-2-1-3-5-18)23(30)26-13-16-6-8-17(9-7-16)14-31-15-22(28)29/h1-5,10-12,16-17H,6-9,13-15H2,(H,26,30)(H,28,29)/t16-,17-. The lowest BCUT2D eigenvalue weighted by Crippen LogP contribution is -2.40. The summed E-state index contributed by atoms with van der Waals surface area (Å²) in [5.74, 6) is -0.861. The number of hydrogen-bond donors (Lipinski definition) is 2. The Balaban J connectivity index is 1.58. The third-order valence-corrected chi connectivity index (χ3v) is 5.77. The lowest BCUT2D eigenvalue weighted by molar-refractivity contribution is -0.142. The van der Waals surface area contributed by atoms with E-state index in [2.05, 4.69) is 5.32 Å². The fourth-order valence-corrected chi connectivity index (χ4v) is 3.93. The topological polar surface area (TPSA) is 78.9 Å². The second kappa shape index (κ2) is 11.1. The smallest absolute Gasteiger partial charge is 0.329 e. The summed E-state index contributed by atoms with van der Waals surface area (Å²) < 4.78 is 19.2. The zero-order valence-electron chi connectivity index (χ0n) is 17.1. The molecule has 166 valence electrons. The van der Waals surface area contributed by atoms with Crippen LogP contribution in [0.1, 0.15) is 25.7 Å². The Bertz CT molecular complexity index is 888. The number of amides is 2. The van der Waals surface area contributed by atoms with E-state index in [1.54, 1.807) is 18.2 Å². The van der Waals surface area contributed by atoms with Crippen LogP contribution in [-0.2, 0) is 9.53 Å². The van der Waals surface area contributed by atoms with Gasteiger partial charge in [-0.25, -0.2) is 14.0 Å². The molecule has 8 heteroatoms. The molecular formula is C23H26ClFN2O4. The number of nitrogens with zero attached hydrogens (tertiary/aromatic N) is 1. The molecule has 3 rings (SSSR count). The van der Waals surface area contributed by atoms with Gasteiger partial charge in [-0.3, -0.25) is 4.90 Å². The van der Waals surface area contributed by atoms with Crippen LogP contribution in [0.5, 0.6) is 0 Å². The van der Waals surface area contributed by atoms with Crippen molar-refractivity contribution in [2.75, 3.05) is 24.7 Å². The predicted molar refractivity (Wildman–Crippen MR) is 117 cm³/mol. The molecule has 0 aromatic heterocycles. The third-order valence-electron chi connectivity index (χ3n) is 5.47. The number of benzene rings is 2. The Kier molecular flexibility index (Phi) is 8.26. The van der Waals surface area contributed by atoms with E-state index < -0.39 is 11.8 Å². The number of rotatable bonds is 8. The van der Waals surface area contributed by atoms with Crippen LogP contribution in [-0.4, -0.2) is 36.9 Å². The van der Waals surface area contributed by atoms with Gasteiger partial charge >= 0.3 is 12.0 Å². The van der Waals surface area contributed by atoms with Gasteiger partial charge in [0.2, 0.25) is 0 Å². The molecule has 0 bridgehead atoms. The van der Waals surface area contributed by atoms with Crippen molar-refractivity contribution in [3.8, 4) is 0 Å². The van der Waals surface area contributed by atoms with Crippen LogP contribution in [0.3, 0.4) is 0 Å². The second-order valence-corrected chi connectivity index (χ2v) is 8.16. The largest absolute Gasteiger partial charge is 0.480 e. The number of nitrogens with one attached hydrogen (secondary N) is 1. The van der Waals surface area contributed by atoms with Gasteiger partial charge in [-0.2, -0.15) is 0 Å². The van der Waals surface area contributed by atoms with Crippen LogP contribution < -0.4 is 10.2 Å². The van der Waals surface area contributed by atoms with Crippen LogP contribution in [0.4, 0.5) is 20.6 Å². The first kappa shape index (κ1) is 23.0. The predicted octanol–water partition coefficient (Wildman–Crippen LogP) is 5.23. The molecular weight excluding hydrogens is 423 g/mol. The van der Waals surface area contributed by atoms with Crippen LogP contribution >= 0.6 is 11.6 Å².